The molecule has 0 aromatic rings. The van der Waals surface area contributed by atoms with Gasteiger partial charge >= 0.3 is 0 Å². The quantitative estimate of drug-likeness (QED) is 0.671. The number of hydrogen-bond donors (Lipinski definition) is 1. The molecule has 2 aliphatic rings. The van der Waals surface area contributed by atoms with Crippen LogP contribution in [0.5, 0.6) is 0 Å². The van der Waals surface area contributed by atoms with E-state index < -0.39 is 0 Å². The van der Waals surface area contributed by atoms with Crippen LogP contribution in [0, 0.1) is 23.7 Å². The molecule has 2 bridgehead atoms. The van der Waals surface area contributed by atoms with Gasteiger partial charge in [-0.15, -0.1) is 0 Å². The molecule has 2 rings (SSSR count). The molecule has 0 amide bonds. The molecule has 0 aliphatic heterocycles. The summed E-state index contributed by atoms with van der Waals surface area (Å²) in [5.74, 6) is 3.58. The highest BCUT2D eigenvalue weighted by Gasteiger charge is 2.45. The van der Waals surface area contributed by atoms with E-state index in [4.69, 9.17) is 5.73 Å². The summed E-state index contributed by atoms with van der Waals surface area (Å²) in [6, 6.07) is 0.547. The molecule has 2 saturated carbocycles. The molecule has 0 unspecified atom stereocenters. The lowest BCUT2D eigenvalue weighted by Crippen LogP contribution is -2.36. The zero-order chi connectivity index (χ0) is 8.72. The third kappa shape index (κ3) is 1.28. The van der Waals surface area contributed by atoms with Crippen LogP contribution >= 0.6 is 0 Å². The van der Waals surface area contributed by atoms with Gasteiger partial charge in [0, 0.05) is 6.04 Å². The second kappa shape index (κ2) is 3.02. The fourth-order valence-electron chi connectivity index (χ4n) is 3.35. The zero-order valence-corrected chi connectivity index (χ0v) is 8.29. The van der Waals surface area contributed by atoms with E-state index >= 15 is 0 Å². The van der Waals surface area contributed by atoms with Crippen LogP contribution in [-0.4, -0.2) is 6.04 Å². The monoisotopic (exact) mass is 167 g/mol. The lowest BCUT2D eigenvalue weighted by atomic mass is 9.80. The highest BCUT2D eigenvalue weighted by molar-refractivity contribution is 4.98. The average molecular weight is 167 g/mol. The van der Waals surface area contributed by atoms with E-state index in [9.17, 15) is 0 Å². The van der Waals surface area contributed by atoms with Crippen molar-refractivity contribution < 1.29 is 0 Å². The van der Waals surface area contributed by atoms with Crippen molar-refractivity contribution >= 4 is 0 Å². The molecule has 0 spiro atoms. The van der Waals surface area contributed by atoms with Gasteiger partial charge in [-0.25, -0.2) is 0 Å². The molecule has 12 heavy (non-hydrogen) atoms. The van der Waals surface area contributed by atoms with E-state index in [0.717, 1.165) is 23.7 Å². The Kier molecular flexibility index (Phi) is 2.16. The average Bonchev–Trinajstić information content (AvgIpc) is 2.53. The van der Waals surface area contributed by atoms with Crippen molar-refractivity contribution in [2.24, 2.45) is 29.4 Å². The van der Waals surface area contributed by atoms with Crippen LogP contribution in [0.15, 0.2) is 0 Å². The molecule has 0 saturated heterocycles. The minimum Gasteiger partial charge on any atom is -0.327 e. The molecule has 1 heteroatoms. The van der Waals surface area contributed by atoms with E-state index in [0.29, 0.717) is 6.04 Å². The molecule has 0 heterocycles. The van der Waals surface area contributed by atoms with Crippen molar-refractivity contribution in [3.63, 3.8) is 0 Å². The number of fused-ring (bicyclic) bond motifs is 2. The first-order valence-electron chi connectivity index (χ1n) is 5.44. The number of nitrogens with two attached hydrogens (primary N) is 1. The second-order valence-corrected chi connectivity index (χ2v) is 5.20. The van der Waals surface area contributed by atoms with E-state index in [-0.39, 0.29) is 0 Å². The molecule has 70 valence electrons. The highest BCUT2D eigenvalue weighted by atomic mass is 14.7. The lowest BCUT2D eigenvalue weighted by molar-refractivity contribution is 0.248. The van der Waals surface area contributed by atoms with Gasteiger partial charge in [0.05, 0.1) is 0 Å². The maximum absolute atomic E-state index is 6.21. The Morgan fingerprint density at radius 2 is 1.92 bits per heavy atom. The first-order chi connectivity index (χ1) is 5.68. The van der Waals surface area contributed by atoms with Crippen LogP contribution < -0.4 is 5.73 Å². The lowest BCUT2D eigenvalue weighted by Gasteiger charge is -2.29. The summed E-state index contributed by atoms with van der Waals surface area (Å²) >= 11 is 0. The Balaban J connectivity index is 1.98. The summed E-state index contributed by atoms with van der Waals surface area (Å²) in [4.78, 5) is 0. The smallest absolute Gasteiger partial charge is 0.00984 e. The highest BCUT2D eigenvalue weighted by Crippen LogP contribution is 2.49. The summed E-state index contributed by atoms with van der Waals surface area (Å²) in [6.45, 7) is 4.64. The van der Waals surface area contributed by atoms with Gasteiger partial charge in [0.25, 0.3) is 0 Å². The van der Waals surface area contributed by atoms with E-state index in [1.807, 2.05) is 0 Å². The molecule has 0 aromatic carbocycles. The number of hydrogen-bond acceptors (Lipinski definition) is 1. The third-order valence-electron chi connectivity index (χ3n) is 3.90. The zero-order valence-electron chi connectivity index (χ0n) is 8.29. The van der Waals surface area contributed by atoms with Gasteiger partial charge < -0.3 is 5.73 Å². The van der Waals surface area contributed by atoms with Crippen LogP contribution in [0.3, 0.4) is 0 Å². The van der Waals surface area contributed by atoms with Gasteiger partial charge in [-0.2, -0.15) is 0 Å². The minimum absolute atomic E-state index is 0.547. The Labute approximate surface area is 75.7 Å². The molecule has 0 radical (unpaired) electrons. The molecular formula is C11H21N. The standard InChI is InChI=1S/C11H21N/c1-7(2)5-10-8-3-4-9(6-8)11(10)12/h7-11H,3-6,12H2,1-2H3/t8-,9+,10-,11-/m0/s1. The molecule has 2 N–H and O–H groups in total. The van der Waals surface area contributed by atoms with Crippen molar-refractivity contribution in [3.8, 4) is 0 Å². The minimum atomic E-state index is 0.547. The van der Waals surface area contributed by atoms with Gasteiger partial charge in [0.2, 0.25) is 0 Å². The van der Waals surface area contributed by atoms with Gasteiger partial charge in [0.15, 0.2) is 0 Å². The molecule has 4 atom stereocenters. The first kappa shape index (κ1) is 8.55. The second-order valence-electron chi connectivity index (χ2n) is 5.20. The predicted octanol–water partition coefficient (Wildman–Crippen LogP) is 2.41. The van der Waals surface area contributed by atoms with Crippen LogP contribution in [-0.2, 0) is 0 Å². The molecule has 2 aliphatic carbocycles. The molecule has 2 fully saturated rings. The Bertz CT molecular complexity index is 162. The summed E-state index contributed by atoms with van der Waals surface area (Å²) in [5.41, 5.74) is 6.21. The summed E-state index contributed by atoms with van der Waals surface area (Å²) in [7, 11) is 0. The summed E-state index contributed by atoms with van der Waals surface area (Å²) in [6.07, 6.45) is 5.69. The number of rotatable bonds is 2. The molecule has 0 aromatic heterocycles. The van der Waals surface area contributed by atoms with Crippen LogP contribution in [0.2, 0.25) is 0 Å². The van der Waals surface area contributed by atoms with Crippen molar-refractivity contribution in [3.05, 3.63) is 0 Å². The Hall–Kier alpha value is -0.0400. The fraction of sp³-hybridized carbons (Fsp3) is 1.00. The van der Waals surface area contributed by atoms with Gasteiger partial charge in [0.1, 0.15) is 0 Å². The summed E-state index contributed by atoms with van der Waals surface area (Å²) in [5, 5.41) is 0. The maximum atomic E-state index is 6.21. The normalized spacial score (nSPS) is 46.0. The fourth-order valence-corrected chi connectivity index (χ4v) is 3.35. The van der Waals surface area contributed by atoms with Crippen LogP contribution in [0.1, 0.15) is 39.5 Å². The third-order valence-corrected chi connectivity index (χ3v) is 3.90. The largest absolute Gasteiger partial charge is 0.327 e. The van der Waals surface area contributed by atoms with Crippen molar-refractivity contribution in [2.45, 2.75) is 45.6 Å². The van der Waals surface area contributed by atoms with Crippen molar-refractivity contribution in [1.82, 2.24) is 0 Å². The predicted molar refractivity (Wildman–Crippen MR) is 51.8 cm³/mol. The molecular weight excluding hydrogens is 146 g/mol. The Morgan fingerprint density at radius 3 is 2.42 bits per heavy atom. The van der Waals surface area contributed by atoms with Crippen LogP contribution in [0.25, 0.3) is 0 Å². The van der Waals surface area contributed by atoms with Crippen molar-refractivity contribution in [1.29, 1.82) is 0 Å². The van der Waals surface area contributed by atoms with Gasteiger partial charge in [-0.3, -0.25) is 0 Å². The van der Waals surface area contributed by atoms with E-state index in [2.05, 4.69) is 13.8 Å². The van der Waals surface area contributed by atoms with Gasteiger partial charge in [-0.05, 0) is 49.4 Å². The first-order valence-corrected chi connectivity index (χ1v) is 5.44. The van der Waals surface area contributed by atoms with E-state index in [1.165, 1.54) is 25.7 Å². The van der Waals surface area contributed by atoms with Crippen LogP contribution in [0.4, 0.5) is 0 Å². The SMILES string of the molecule is CC(C)C[C@H]1[C@H]2CC[C@H](C2)[C@@H]1N. The summed E-state index contributed by atoms with van der Waals surface area (Å²) < 4.78 is 0. The topological polar surface area (TPSA) is 26.0 Å². The van der Waals surface area contributed by atoms with E-state index in [1.54, 1.807) is 0 Å². The van der Waals surface area contributed by atoms with Crippen molar-refractivity contribution in [2.75, 3.05) is 0 Å². The Morgan fingerprint density at radius 1 is 1.25 bits per heavy atom. The molecule has 1 nitrogen and oxygen atoms in total. The maximum Gasteiger partial charge on any atom is 0.00984 e. The van der Waals surface area contributed by atoms with Gasteiger partial charge in [-0.1, -0.05) is 13.8 Å².